The van der Waals surface area contributed by atoms with Gasteiger partial charge in [-0.2, -0.15) is 0 Å². The molecule has 2 rings (SSSR count). The number of hydrogen-bond donors (Lipinski definition) is 1. The Morgan fingerprint density at radius 2 is 1.78 bits per heavy atom. The molecule has 0 saturated heterocycles. The highest BCUT2D eigenvalue weighted by molar-refractivity contribution is 4.89. The van der Waals surface area contributed by atoms with Crippen molar-refractivity contribution in [3.8, 4) is 0 Å². The lowest BCUT2D eigenvalue weighted by Gasteiger charge is -2.45. The summed E-state index contributed by atoms with van der Waals surface area (Å²) in [6.45, 7) is 3.24. The first kappa shape index (κ1) is 14.3. The van der Waals surface area contributed by atoms with Crippen LogP contribution in [0.1, 0.15) is 64.7 Å². The lowest BCUT2D eigenvalue weighted by atomic mass is 9.75. The van der Waals surface area contributed by atoms with Gasteiger partial charge in [0.05, 0.1) is 0 Å². The Balaban J connectivity index is 1.97. The highest BCUT2D eigenvalue weighted by Gasteiger charge is 2.34. The van der Waals surface area contributed by atoms with Crippen molar-refractivity contribution in [2.75, 3.05) is 13.6 Å². The second-order valence-corrected chi connectivity index (χ2v) is 6.61. The lowest BCUT2D eigenvalue weighted by molar-refractivity contribution is 0.0539. The van der Waals surface area contributed by atoms with Crippen molar-refractivity contribution < 1.29 is 0 Å². The molecule has 2 aliphatic carbocycles. The molecule has 2 nitrogen and oxygen atoms in total. The van der Waals surface area contributed by atoms with Crippen LogP contribution in [0.25, 0.3) is 0 Å². The average molecular weight is 252 g/mol. The third-order valence-electron chi connectivity index (χ3n) is 5.62. The van der Waals surface area contributed by atoms with Gasteiger partial charge >= 0.3 is 0 Å². The molecule has 2 heteroatoms. The first-order chi connectivity index (χ1) is 8.76. The van der Waals surface area contributed by atoms with Crippen LogP contribution < -0.4 is 5.73 Å². The van der Waals surface area contributed by atoms with E-state index in [1.54, 1.807) is 0 Å². The van der Waals surface area contributed by atoms with Crippen molar-refractivity contribution in [1.29, 1.82) is 0 Å². The van der Waals surface area contributed by atoms with Crippen LogP contribution in [-0.2, 0) is 0 Å². The molecule has 3 unspecified atom stereocenters. The normalized spacial score (nSPS) is 35.0. The summed E-state index contributed by atoms with van der Waals surface area (Å²) in [6.07, 6.45) is 12.7. The minimum absolute atomic E-state index is 0.750. The van der Waals surface area contributed by atoms with Gasteiger partial charge in [-0.25, -0.2) is 0 Å². The van der Waals surface area contributed by atoms with E-state index in [0.29, 0.717) is 0 Å². The summed E-state index contributed by atoms with van der Waals surface area (Å²) < 4.78 is 0. The minimum Gasteiger partial charge on any atom is -0.330 e. The van der Waals surface area contributed by atoms with Gasteiger partial charge in [-0.3, -0.25) is 0 Å². The Morgan fingerprint density at radius 3 is 2.39 bits per heavy atom. The molecular formula is C16H32N2. The second kappa shape index (κ2) is 6.91. The third-order valence-corrected chi connectivity index (χ3v) is 5.62. The number of nitrogens with zero attached hydrogens (tertiary/aromatic N) is 1. The molecule has 0 radical (unpaired) electrons. The van der Waals surface area contributed by atoms with Gasteiger partial charge in [0.1, 0.15) is 0 Å². The zero-order chi connectivity index (χ0) is 13.0. The fraction of sp³-hybridized carbons (Fsp3) is 1.00. The molecule has 2 fully saturated rings. The maximum atomic E-state index is 6.02. The molecule has 0 amide bonds. The summed E-state index contributed by atoms with van der Waals surface area (Å²) in [4.78, 5) is 2.72. The van der Waals surface area contributed by atoms with Crippen LogP contribution in [0.15, 0.2) is 0 Å². The van der Waals surface area contributed by atoms with Crippen LogP contribution in [-0.4, -0.2) is 30.6 Å². The van der Waals surface area contributed by atoms with Gasteiger partial charge in [-0.15, -0.1) is 0 Å². The quantitative estimate of drug-likeness (QED) is 0.831. The Morgan fingerprint density at radius 1 is 1.06 bits per heavy atom. The number of nitrogens with two attached hydrogens (primary N) is 1. The highest BCUT2D eigenvalue weighted by atomic mass is 15.2. The van der Waals surface area contributed by atoms with Crippen LogP contribution in [0.4, 0.5) is 0 Å². The van der Waals surface area contributed by atoms with E-state index in [4.69, 9.17) is 5.73 Å². The largest absolute Gasteiger partial charge is 0.330 e. The van der Waals surface area contributed by atoms with Crippen LogP contribution in [0.3, 0.4) is 0 Å². The van der Waals surface area contributed by atoms with E-state index < -0.39 is 0 Å². The molecule has 0 bridgehead atoms. The zero-order valence-corrected chi connectivity index (χ0v) is 12.4. The van der Waals surface area contributed by atoms with E-state index >= 15 is 0 Å². The van der Waals surface area contributed by atoms with Crippen LogP contribution in [0.2, 0.25) is 0 Å². The van der Waals surface area contributed by atoms with E-state index in [1.165, 1.54) is 57.8 Å². The molecule has 2 aliphatic rings. The maximum absolute atomic E-state index is 6.02. The Bertz CT molecular complexity index is 235. The van der Waals surface area contributed by atoms with Gasteiger partial charge in [0.15, 0.2) is 0 Å². The van der Waals surface area contributed by atoms with Crippen molar-refractivity contribution in [1.82, 2.24) is 4.90 Å². The zero-order valence-electron chi connectivity index (χ0n) is 12.4. The van der Waals surface area contributed by atoms with Gasteiger partial charge in [-0.1, -0.05) is 39.0 Å². The molecule has 0 aromatic heterocycles. The summed E-state index contributed by atoms with van der Waals surface area (Å²) in [7, 11) is 2.38. The molecule has 3 atom stereocenters. The molecule has 2 saturated carbocycles. The summed E-state index contributed by atoms with van der Waals surface area (Å²) in [5.41, 5.74) is 6.02. The Kier molecular flexibility index (Phi) is 5.50. The topological polar surface area (TPSA) is 29.3 Å². The molecule has 0 aromatic rings. The molecule has 106 valence electrons. The van der Waals surface area contributed by atoms with Crippen LogP contribution >= 0.6 is 0 Å². The first-order valence-corrected chi connectivity index (χ1v) is 8.18. The second-order valence-electron chi connectivity index (χ2n) is 6.61. The van der Waals surface area contributed by atoms with E-state index in [1.807, 2.05) is 0 Å². The predicted octanol–water partition coefficient (Wildman–Crippen LogP) is 3.40. The third kappa shape index (κ3) is 3.27. The van der Waals surface area contributed by atoms with Crippen molar-refractivity contribution >= 4 is 0 Å². The molecule has 0 spiro atoms. The fourth-order valence-corrected chi connectivity index (χ4v) is 4.20. The van der Waals surface area contributed by atoms with E-state index in [2.05, 4.69) is 18.9 Å². The van der Waals surface area contributed by atoms with Gasteiger partial charge in [0.25, 0.3) is 0 Å². The lowest BCUT2D eigenvalue weighted by Crippen LogP contribution is -2.49. The Hall–Kier alpha value is -0.0800. The van der Waals surface area contributed by atoms with Crippen molar-refractivity contribution in [3.05, 3.63) is 0 Å². The van der Waals surface area contributed by atoms with Gasteiger partial charge in [0.2, 0.25) is 0 Å². The Labute approximate surface area is 113 Å². The van der Waals surface area contributed by atoms with Crippen molar-refractivity contribution in [3.63, 3.8) is 0 Å². The predicted molar refractivity (Wildman–Crippen MR) is 78.6 cm³/mol. The SMILES string of the molecule is CCC1CCC(CN)C(N(C)C2CCCCC2)C1. The number of rotatable bonds is 4. The molecule has 18 heavy (non-hydrogen) atoms. The van der Waals surface area contributed by atoms with E-state index in [-0.39, 0.29) is 0 Å². The van der Waals surface area contributed by atoms with Crippen LogP contribution in [0.5, 0.6) is 0 Å². The molecule has 0 aromatic carbocycles. The highest BCUT2D eigenvalue weighted by Crippen LogP contribution is 2.35. The molecule has 0 heterocycles. The van der Waals surface area contributed by atoms with Gasteiger partial charge in [0, 0.05) is 12.1 Å². The van der Waals surface area contributed by atoms with Gasteiger partial charge < -0.3 is 10.6 Å². The summed E-state index contributed by atoms with van der Waals surface area (Å²) in [6, 6.07) is 1.60. The van der Waals surface area contributed by atoms with Gasteiger partial charge in [-0.05, 0) is 51.1 Å². The minimum atomic E-state index is 0.750. The summed E-state index contributed by atoms with van der Waals surface area (Å²) >= 11 is 0. The molecule has 2 N–H and O–H groups in total. The summed E-state index contributed by atoms with van der Waals surface area (Å²) in [5.74, 6) is 1.70. The number of hydrogen-bond acceptors (Lipinski definition) is 2. The molecular weight excluding hydrogens is 220 g/mol. The monoisotopic (exact) mass is 252 g/mol. The van der Waals surface area contributed by atoms with E-state index in [9.17, 15) is 0 Å². The smallest absolute Gasteiger partial charge is 0.0138 e. The maximum Gasteiger partial charge on any atom is 0.0138 e. The standard InChI is InChI=1S/C16H32N2/c1-3-13-9-10-14(12-17)16(11-13)18(2)15-7-5-4-6-8-15/h13-16H,3-12,17H2,1-2H3. The van der Waals surface area contributed by atoms with Crippen molar-refractivity contribution in [2.24, 2.45) is 17.6 Å². The van der Waals surface area contributed by atoms with Crippen LogP contribution in [0, 0.1) is 11.8 Å². The molecule has 0 aliphatic heterocycles. The average Bonchev–Trinajstić information content (AvgIpc) is 2.46. The van der Waals surface area contributed by atoms with E-state index in [0.717, 1.165) is 30.5 Å². The van der Waals surface area contributed by atoms with Crippen molar-refractivity contribution in [2.45, 2.75) is 76.8 Å². The summed E-state index contributed by atoms with van der Waals surface area (Å²) in [5, 5.41) is 0. The fourth-order valence-electron chi connectivity index (χ4n) is 4.20. The first-order valence-electron chi connectivity index (χ1n) is 8.18.